The second-order valence-corrected chi connectivity index (χ2v) is 7.28. The average molecular weight is 350 g/mol. The molecule has 126 valence electrons. The van der Waals surface area contributed by atoms with Crippen LogP contribution in [0, 0.1) is 0 Å². The zero-order valence-electron chi connectivity index (χ0n) is 13.1. The van der Waals surface area contributed by atoms with E-state index in [1.165, 1.54) is 16.1 Å². The van der Waals surface area contributed by atoms with E-state index in [0.717, 1.165) is 5.56 Å². The molecule has 0 bridgehead atoms. The Morgan fingerprint density at radius 2 is 1.77 bits per heavy atom. The fourth-order valence-electron chi connectivity index (χ4n) is 1.94. The predicted molar refractivity (Wildman–Crippen MR) is 90.2 cm³/mol. The molecule has 1 rings (SSSR count). The van der Waals surface area contributed by atoms with Crippen molar-refractivity contribution in [3.8, 4) is 0 Å². The van der Waals surface area contributed by atoms with Gasteiger partial charge >= 0.3 is 0 Å². The molecule has 1 amide bonds. The minimum Gasteiger partial charge on any atom is -0.348 e. The van der Waals surface area contributed by atoms with Gasteiger partial charge < -0.3 is 10.6 Å². The molecule has 8 heteroatoms. The quantitative estimate of drug-likeness (QED) is 0.784. The van der Waals surface area contributed by atoms with Gasteiger partial charge in [-0.2, -0.15) is 4.31 Å². The summed E-state index contributed by atoms with van der Waals surface area (Å²) in [6.07, 6.45) is 0. The smallest absolute Gasteiger partial charge is 0.241 e. The van der Waals surface area contributed by atoms with Crippen LogP contribution >= 0.6 is 12.4 Å². The summed E-state index contributed by atoms with van der Waals surface area (Å²) in [5.74, 6) is -0.440. The topological polar surface area (TPSA) is 83.7 Å². The van der Waals surface area contributed by atoms with Gasteiger partial charge in [0.15, 0.2) is 5.25 Å². The second-order valence-electron chi connectivity index (χ2n) is 5.03. The predicted octanol–water partition coefficient (Wildman–Crippen LogP) is 0.676. The Balaban J connectivity index is 0.00000441. The molecule has 0 fully saturated rings. The SMILES string of the molecule is CC(C(=O)N(C)C)S(=O)(=O)N(CCN)Cc1ccccc1.Cl. The Labute approximate surface area is 138 Å². The van der Waals surface area contributed by atoms with Gasteiger partial charge in [-0.15, -0.1) is 12.4 Å². The number of hydrogen-bond donors (Lipinski definition) is 1. The lowest BCUT2D eigenvalue weighted by Gasteiger charge is -2.26. The molecule has 1 atom stereocenters. The highest BCUT2D eigenvalue weighted by molar-refractivity contribution is 7.90. The van der Waals surface area contributed by atoms with Crippen LogP contribution in [0.4, 0.5) is 0 Å². The van der Waals surface area contributed by atoms with Gasteiger partial charge in [-0.05, 0) is 12.5 Å². The first-order valence-corrected chi connectivity index (χ1v) is 8.25. The van der Waals surface area contributed by atoms with Crippen LogP contribution in [-0.4, -0.2) is 56.0 Å². The van der Waals surface area contributed by atoms with E-state index in [1.54, 1.807) is 14.1 Å². The first-order chi connectivity index (χ1) is 9.80. The molecular weight excluding hydrogens is 326 g/mol. The molecule has 0 aliphatic carbocycles. The molecule has 0 saturated carbocycles. The fourth-order valence-corrected chi connectivity index (χ4v) is 3.54. The van der Waals surface area contributed by atoms with E-state index in [-0.39, 0.29) is 32.0 Å². The zero-order valence-corrected chi connectivity index (χ0v) is 14.7. The van der Waals surface area contributed by atoms with Gasteiger partial charge in [0.05, 0.1) is 0 Å². The number of benzene rings is 1. The Kier molecular flexibility index (Phi) is 8.62. The first-order valence-electron chi connectivity index (χ1n) is 6.74. The monoisotopic (exact) mass is 349 g/mol. The normalized spacial score (nSPS) is 12.6. The van der Waals surface area contributed by atoms with Gasteiger partial charge in [0.1, 0.15) is 0 Å². The summed E-state index contributed by atoms with van der Waals surface area (Å²) in [7, 11) is -0.663. The largest absolute Gasteiger partial charge is 0.348 e. The molecule has 1 aromatic rings. The molecule has 0 aromatic heterocycles. The van der Waals surface area contributed by atoms with E-state index < -0.39 is 21.2 Å². The summed E-state index contributed by atoms with van der Waals surface area (Å²) in [6, 6.07) is 9.24. The maximum absolute atomic E-state index is 12.6. The van der Waals surface area contributed by atoms with Crippen molar-refractivity contribution in [1.82, 2.24) is 9.21 Å². The molecule has 1 unspecified atom stereocenters. The first kappa shape index (κ1) is 20.9. The molecule has 0 heterocycles. The molecule has 0 aliphatic rings. The van der Waals surface area contributed by atoms with E-state index in [0.29, 0.717) is 0 Å². The van der Waals surface area contributed by atoms with Crippen LogP contribution in [0.15, 0.2) is 30.3 Å². The lowest BCUT2D eigenvalue weighted by molar-refractivity contribution is -0.128. The van der Waals surface area contributed by atoms with Gasteiger partial charge in [-0.1, -0.05) is 30.3 Å². The highest BCUT2D eigenvalue weighted by Crippen LogP contribution is 2.14. The molecule has 2 N–H and O–H groups in total. The number of amides is 1. The average Bonchev–Trinajstić information content (AvgIpc) is 2.46. The third-order valence-electron chi connectivity index (χ3n) is 3.18. The zero-order chi connectivity index (χ0) is 16.0. The van der Waals surface area contributed by atoms with Crippen LogP contribution in [0.3, 0.4) is 0 Å². The van der Waals surface area contributed by atoms with Gasteiger partial charge in [-0.3, -0.25) is 4.79 Å². The molecule has 0 aliphatic heterocycles. The van der Waals surface area contributed by atoms with E-state index in [4.69, 9.17) is 5.73 Å². The maximum Gasteiger partial charge on any atom is 0.241 e. The Morgan fingerprint density at radius 3 is 2.23 bits per heavy atom. The number of hydrogen-bond acceptors (Lipinski definition) is 4. The number of rotatable bonds is 7. The Bertz CT molecular complexity index is 564. The minimum atomic E-state index is -3.74. The van der Waals surface area contributed by atoms with Crippen molar-refractivity contribution in [3.63, 3.8) is 0 Å². The fraction of sp³-hybridized carbons (Fsp3) is 0.500. The Morgan fingerprint density at radius 1 is 1.23 bits per heavy atom. The van der Waals surface area contributed by atoms with Crippen molar-refractivity contribution >= 4 is 28.3 Å². The molecule has 0 radical (unpaired) electrons. The summed E-state index contributed by atoms with van der Waals surface area (Å²) < 4.78 is 26.5. The van der Waals surface area contributed by atoms with Crippen LogP contribution < -0.4 is 5.73 Å². The highest BCUT2D eigenvalue weighted by atomic mass is 35.5. The second kappa shape index (κ2) is 9.09. The third kappa shape index (κ3) is 5.24. The summed E-state index contributed by atoms with van der Waals surface area (Å²) in [4.78, 5) is 13.2. The molecule has 6 nitrogen and oxygen atoms in total. The van der Waals surface area contributed by atoms with Crippen molar-refractivity contribution in [1.29, 1.82) is 0 Å². The molecule has 0 saturated heterocycles. The number of carbonyl (C=O) groups is 1. The van der Waals surface area contributed by atoms with Crippen LogP contribution in [0.5, 0.6) is 0 Å². The standard InChI is InChI=1S/C14H23N3O3S.ClH/c1-12(14(18)16(2)3)21(19,20)17(10-9-15)11-13-7-5-4-6-8-13;/h4-8,12H,9-11,15H2,1-3H3;1H. The van der Waals surface area contributed by atoms with Crippen LogP contribution in [0.25, 0.3) is 0 Å². The summed E-state index contributed by atoms with van der Waals surface area (Å²) in [5, 5.41) is -1.12. The van der Waals surface area contributed by atoms with Crippen LogP contribution in [-0.2, 0) is 21.4 Å². The number of halogens is 1. The molecule has 22 heavy (non-hydrogen) atoms. The number of carbonyl (C=O) groups excluding carboxylic acids is 1. The van der Waals surface area contributed by atoms with Crippen molar-refractivity contribution < 1.29 is 13.2 Å². The van der Waals surface area contributed by atoms with E-state index >= 15 is 0 Å². The Hall–Kier alpha value is -1.15. The van der Waals surface area contributed by atoms with Crippen molar-refractivity contribution in [3.05, 3.63) is 35.9 Å². The van der Waals surface area contributed by atoms with Crippen LogP contribution in [0.1, 0.15) is 12.5 Å². The highest BCUT2D eigenvalue weighted by Gasteiger charge is 2.34. The van der Waals surface area contributed by atoms with Gasteiger partial charge in [0, 0.05) is 33.7 Å². The molecule has 1 aromatic carbocycles. The van der Waals surface area contributed by atoms with Crippen molar-refractivity contribution in [2.75, 3.05) is 27.2 Å². The van der Waals surface area contributed by atoms with E-state index in [2.05, 4.69) is 0 Å². The maximum atomic E-state index is 12.6. The summed E-state index contributed by atoms with van der Waals surface area (Å²) in [5.41, 5.74) is 6.37. The lowest BCUT2D eigenvalue weighted by Crippen LogP contribution is -2.46. The van der Waals surface area contributed by atoms with Crippen molar-refractivity contribution in [2.45, 2.75) is 18.7 Å². The summed E-state index contributed by atoms with van der Waals surface area (Å²) >= 11 is 0. The summed E-state index contributed by atoms with van der Waals surface area (Å²) in [6.45, 7) is 2.01. The van der Waals surface area contributed by atoms with Gasteiger partial charge in [0.2, 0.25) is 15.9 Å². The lowest BCUT2D eigenvalue weighted by atomic mass is 10.2. The van der Waals surface area contributed by atoms with Crippen molar-refractivity contribution in [2.24, 2.45) is 5.73 Å². The minimum absolute atomic E-state index is 0. The van der Waals surface area contributed by atoms with Crippen LogP contribution in [0.2, 0.25) is 0 Å². The van der Waals surface area contributed by atoms with Gasteiger partial charge in [-0.25, -0.2) is 8.42 Å². The van der Waals surface area contributed by atoms with E-state index in [1.807, 2.05) is 30.3 Å². The molecule has 0 spiro atoms. The number of nitrogens with zero attached hydrogens (tertiary/aromatic N) is 2. The number of nitrogens with two attached hydrogens (primary N) is 1. The van der Waals surface area contributed by atoms with E-state index in [9.17, 15) is 13.2 Å². The number of sulfonamides is 1. The molecular formula is C14H24ClN3O3S. The third-order valence-corrected chi connectivity index (χ3v) is 5.30. The van der Waals surface area contributed by atoms with Gasteiger partial charge in [0.25, 0.3) is 0 Å².